The van der Waals surface area contributed by atoms with Crippen molar-refractivity contribution >= 4 is 29.3 Å². The maximum Gasteiger partial charge on any atom is 0.416 e. The normalized spacial score (nSPS) is 15.3. The van der Waals surface area contributed by atoms with Crippen molar-refractivity contribution in [3.63, 3.8) is 0 Å². The molecule has 13 heteroatoms. The molecule has 1 heterocycles. The van der Waals surface area contributed by atoms with Crippen LogP contribution in [0.4, 0.5) is 27.6 Å². The zero-order chi connectivity index (χ0) is 32.6. The van der Waals surface area contributed by atoms with E-state index in [1.54, 1.807) is 0 Å². The van der Waals surface area contributed by atoms with Crippen LogP contribution in [0.15, 0.2) is 54.6 Å². The Bertz CT molecular complexity index is 1650. The fourth-order valence-electron chi connectivity index (χ4n) is 4.68. The van der Waals surface area contributed by atoms with Crippen LogP contribution in [0.3, 0.4) is 0 Å². The Morgan fingerprint density at radius 3 is 2.30 bits per heavy atom. The van der Waals surface area contributed by atoms with Gasteiger partial charge in [-0.15, -0.1) is 0 Å². The molecule has 44 heavy (non-hydrogen) atoms. The summed E-state index contributed by atoms with van der Waals surface area (Å²) in [4.78, 5) is 52.1. The van der Waals surface area contributed by atoms with Crippen molar-refractivity contribution in [1.82, 2.24) is 4.90 Å². The number of carboxylic acids is 1. The van der Waals surface area contributed by atoms with Gasteiger partial charge in [0.25, 0.3) is 5.91 Å². The van der Waals surface area contributed by atoms with Crippen LogP contribution in [0.5, 0.6) is 11.5 Å². The maximum absolute atomic E-state index is 14.8. The van der Waals surface area contributed by atoms with E-state index in [-0.39, 0.29) is 36.7 Å². The summed E-state index contributed by atoms with van der Waals surface area (Å²) in [5.41, 5.74) is -3.38. The second-order valence-corrected chi connectivity index (χ2v) is 11.0. The van der Waals surface area contributed by atoms with Crippen molar-refractivity contribution in [3.05, 3.63) is 88.5 Å². The molecule has 1 fully saturated rings. The van der Waals surface area contributed by atoms with Crippen molar-refractivity contribution in [2.75, 3.05) is 18.4 Å². The molecule has 2 amide bonds. The summed E-state index contributed by atoms with van der Waals surface area (Å²) < 4.78 is 74.5. The molecular formula is C31H27F5N2O6. The van der Waals surface area contributed by atoms with Crippen LogP contribution in [-0.4, -0.2) is 46.7 Å². The van der Waals surface area contributed by atoms with Gasteiger partial charge in [0.1, 0.15) is 29.1 Å². The molecule has 0 radical (unpaired) electrons. The number of anilines is 1. The van der Waals surface area contributed by atoms with Crippen LogP contribution in [0.2, 0.25) is 0 Å². The summed E-state index contributed by atoms with van der Waals surface area (Å²) in [6.45, 7) is 4.26. The molecule has 1 aliphatic rings. The zero-order valence-electron chi connectivity index (χ0n) is 23.7. The summed E-state index contributed by atoms with van der Waals surface area (Å²) in [5, 5.41) is 11.7. The number of aliphatic carboxylic acids is 1. The Hall–Kier alpha value is -4.81. The number of ketones is 1. The first-order chi connectivity index (χ1) is 20.5. The summed E-state index contributed by atoms with van der Waals surface area (Å²) in [5.74, 6) is -6.86. The Morgan fingerprint density at radius 2 is 1.66 bits per heavy atom. The monoisotopic (exact) mass is 618 g/mol. The standard InChI is InChI=1S/C31H27F5N2O6/c1-16-12-18(32)5-9-24(16)44-25-8-4-17(31(34,35)36)13-22(25)27(40)37-19-6-7-23(33)21(14-19)26(39)20-10-11-38(28(20)41)15-30(2,3)29(42)43/h4-9,12-14,20H,10-11,15H2,1-3H3,(H,37,40)(H,42,43). The highest BCUT2D eigenvalue weighted by atomic mass is 19.4. The van der Waals surface area contributed by atoms with Gasteiger partial charge >= 0.3 is 12.1 Å². The van der Waals surface area contributed by atoms with Gasteiger partial charge in [-0.2, -0.15) is 13.2 Å². The third kappa shape index (κ3) is 6.87. The molecule has 3 aromatic carbocycles. The van der Waals surface area contributed by atoms with Gasteiger partial charge in [0.15, 0.2) is 5.78 Å². The molecule has 232 valence electrons. The van der Waals surface area contributed by atoms with Crippen molar-refractivity contribution in [2.45, 2.75) is 33.4 Å². The third-order valence-electron chi connectivity index (χ3n) is 7.18. The summed E-state index contributed by atoms with van der Waals surface area (Å²) in [7, 11) is 0. The number of nitrogens with zero attached hydrogens (tertiary/aromatic N) is 1. The van der Waals surface area contributed by atoms with Crippen molar-refractivity contribution in [3.8, 4) is 11.5 Å². The molecule has 2 N–H and O–H groups in total. The molecule has 0 aliphatic carbocycles. The number of ether oxygens (including phenoxy) is 1. The number of rotatable bonds is 9. The Morgan fingerprint density at radius 1 is 0.977 bits per heavy atom. The highest BCUT2D eigenvalue weighted by Gasteiger charge is 2.42. The number of hydrogen-bond acceptors (Lipinski definition) is 5. The first-order valence-electron chi connectivity index (χ1n) is 13.3. The average molecular weight is 619 g/mol. The smallest absolute Gasteiger partial charge is 0.416 e. The quantitative estimate of drug-likeness (QED) is 0.161. The molecule has 1 aliphatic heterocycles. The van der Waals surface area contributed by atoms with E-state index in [4.69, 9.17) is 4.74 Å². The molecule has 1 atom stereocenters. The molecule has 3 aromatic rings. The van der Waals surface area contributed by atoms with Gasteiger partial charge in [0.05, 0.1) is 22.1 Å². The molecule has 0 saturated carbocycles. The molecule has 0 spiro atoms. The number of nitrogens with one attached hydrogen (secondary N) is 1. The van der Waals surface area contributed by atoms with E-state index in [1.807, 2.05) is 0 Å². The number of carboxylic acid groups (broad SMARTS) is 1. The van der Waals surface area contributed by atoms with Gasteiger partial charge in [-0.3, -0.25) is 19.2 Å². The highest BCUT2D eigenvalue weighted by molar-refractivity contribution is 6.12. The number of Topliss-reactive ketones (excluding diaryl/α,β-unsaturated/α-hetero) is 1. The van der Waals surface area contributed by atoms with Gasteiger partial charge in [-0.05, 0) is 87.4 Å². The first-order valence-corrected chi connectivity index (χ1v) is 13.3. The van der Waals surface area contributed by atoms with E-state index in [9.17, 15) is 46.2 Å². The van der Waals surface area contributed by atoms with Crippen LogP contribution in [0.25, 0.3) is 0 Å². The van der Waals surface area contributed by atoms with E-state index in [2.05, 4.69) is 5.32 Å². The van der Waals surface area contributed by atoms with Crippen molar-refractivity contribution < 1.29 is 51.0 Å². The molecule has 0 bridgehead atoms. The first kappa shape index (κ1) is 32.1. The Kier molecular flexibility index (Phi) is 8.80. The molecule has 1 saturated heterocycles. The van der Waals surface area contributed by atoms with Gasteiger partial charge in [0.2, 0.25) is 5.91 Å². The van der Waals surface area contributed by atoms with Gasteiger partial charge in [-0.1, -0.05) is 0 Å². The average Bonchev–Trinajstić information content (AvgIpc) is 3.29. The Balaban J connectivity index is 1.60. The number of likely N-dealkylation sites (tertiary alicyclic amines) is 1. The number of halogens is 5. The van der Waals surface area contributed by atoms with Gasteiger partial charge in [-0.25, -0.2) is 8.78 Å². The lowest BCUT2D eigenvalue weighted by molar-refractivity contribution is -0.149. The number of benzene rings is 3. The van der Waals surface area contributed by atoms with Crippen molar-refractivity contribution in [2.24, 2.45) is 11.3 Å². The second-order valence-electron chi connectivity index (χ2n) is 11.0. The summed E-state index contributed by atoms with van der Waals surface area (Å²) in [6.07, 6.45) is -4.80. The predicted molar refractivity (Wildman–Crippen MR) is 147 cm³/mol. The van der Waals surface area contributed by atoms with E-state index in [0.29, 0.717) is 17.7 Å². The highest BCUT2D eigenvalue weighted by Crippen LogP contribution is 2.36. The summed E-state index contributed by atoms with van der Waals surface area (Å²) >= 11 is 0. The fraction of sp³-hybridized carbons (Fsp3) is 0.290. The molecular weight excluding hydrogens is 591 g/mol. The Labute approximate surface area is 248 Å². The molecule has 0 aromatic heterocycles. The number of carbonyl (C=O) groups excluding carboxylic acids is 3. The topological polar surface area (TPSA) is 113 Å². The van der Waals surface area contributed by atoms with Crippen LogP contribution in [-0.2, 0) is 15.8 Å². The molecule has 1 unspecified atom stereocenters. The zero-order valence-corrected chi connectivity index (χ0v) is 23.7. The molecule has 4 rings (SSSR count). The van der Waals surface area contributed by atoms with Crippen LogP contribution in [0, 0.1) is 29.9 Å². The summed E-state index contributed by atoms with van der Waals surface area (Å²) in [6, 6.07) is 8.56. The SMILES string of the molecule is Cc1cc(F)ccc1Oc1ccc(C(F)(F)F)cc1C(=O)Nc1ccc(F)c(C(=O)C2CCN(CC(C)(C)C(=O)O)C2=O)c1. The molecule has 8 nitrogen and oxygen atoms in total. The largest absolute Gasteiger partial charge is 0.481 e. The minimum Gasteiger partial charge on any atom is -0.481 e. The number of carbonyl (C=O) groups is 4. The maximum atomic E-state index is 14.8. The minimum atomic E-state index is -4.81. The van der Waals surface area contributed by atoms with Crippen molar-refractivity contribution in [1.29, 1.82) is 0 Å². The van der Waals surface area contributed by atoms with Gasteiger partial charge < -0.3 is 20.1 Å². The minimum absolute atomic E-state index is 0.0110. The van der Waals surface area contributed by atoms with E-state index < -0.39 is 69.4 Å². The predicted octanol–water partition coefficient (Wildman–Crippen LogP) is 6.48. The lowest BCUT2D eigenvalue weighted by Crippen LogP contribution is -2.41. The number of aryl methyl sites for hydroxylation is 1. The second kappa shape index (κ2) is 12.1. The van der Waals surface area contributed by atoms with Crippen LogP contribution in [0.1, 0.15) is 52.1 Å². The fourth-order valence-corrected chi connectivity index (χ4v) is 4.68. The lowest BCUT2D eigenvalue weighted by Gasteiger charge is -2.26. The lowest BCUT2D eigenvalue weighted by atomic mass is 9.92. The van der Waals surface area contributed by atoms with Crippen LogP contribution < -0.4 is 10.1 Å². The third-order valence-corrected chi connectivity index (χ3v) is 7.18. The van der Waals surface area contributed by atoms with E-state index in [0.717, 1.165) is 36.4 Å². The van der Waals surface area contributed by atoms with Gasteiger partial charge in [0, 0.05) is 18.8 Å². The number of hydrogen-bond donors (Lipinski definition) is 2. The van der Waals surface area contributed by atoms with E-state index >= 15 is 0 Å². The number of alkyl halides is 3. The van der Waals surface area contributed by atoms with Crippen LogP contribution >= 0.6 is 0 Å². The van der Waals surface area contributed by atoms with E-state index in [1.165, 1.54) is 31.7 Å². The number of amides is 2.